The molecular formula is C19H21N2O2S+. The average Bonchev–Trinajstić information content (AvgIpc) is 3.06. The van der Waals surface area contributed by atoms with E-state index < -0.39 is 0 Å². The summed E-state index contributed by atoms with van der Waals surface area (Å²) in [5.74, 6) is 1.93. The molecule has 24 heavy (non-hydrogen) atoms. The second kappa shape index (κ2) is 7.36. The van der Waals surface area contributed by atoms with Crippen molar-refractivity contribution in [3.05, 3.63) is 70.7 Å². The van der Waals surface area contributed by atoms with Crippen molar-refractivity contribution in [3.63, 3.8) is 0 Å². The van der Waals surface area contributed by atoms with Crippen LogP contribution in [0.1, 0.15) is 22.7 Å². The van der Waals surface area contributed by atoms with Crippen molar-refractivity contribution in [3.8, 4) is 11.5 Å². The van der Waals surface area contributed by atoms with Crippen LogP contribution < -0.4 is 20.2 Å². The number of hydrogen-bond acceptors (Lipinski definition) is 4. The highest BCUT2D eigenvalue weighted by Crippen LogP contribution is 2.30. The minimum atomic E-state index is 0.206. The number of H-pyrrole nitrogens is 1. The fraction of sp³-hybridized carbons (Fsp3) is 0.211. The maximum atomic E-state index is 5.90. The average molecular weight is 341 g/mol. The summed E-state index contributed by atoms with van der Waals surface area (Å²) in [6.45, 7) is 0. The molecule has 1 unspecified atom stereocenters. The maximum Gasteiger partial charge on any atom is 0.329 e. The monoisotopic (exact) mass is 341 g/mol. The normalized spacial score (nSPS) is 11.9. The Morgan fingerprint density at radius 1 is 0.958 bits per heavy atom. The molecule has 1 atom stereocenters. The molecule has 0 saturated carbocycles. The first kappa shape index (κ1) is 16.3. The fourth-order valence-electron chi connectivity index (χ4n) is 2.74. The molecule has 0 radical (unpaired) electrons. The van der Waals surface area contributed by atoms with E-state index in [4.69, 9.17) is 15.2 Å². The third kappa shape index (κ3) is 3.68. The van der Waals surface area contributed by atoms with Crippen LogP contribution >= 0.6 is 11.3 Å². The molecule has 0 fully saturated rings. The molecule has 3 aromatic rings. The molecule has 1 aromatic heterocycles. The molecule has 0 saturated heterocycles. The van der Waals surface area contributed by atoms with Gasteiger partial charge in [-0.1, -0.05) is 35.6 Å². The summed E-state index contributed by atoms with van der Waals surface area (Å²) in [7, 11) is 3.36. The Labute approximate surface area is 145 Å². The molecule has 0 aliphatic heterocycles. The van der Waals surface area contributed by atoms with Gasteiger partial charge in [0.2, 0.25) is 0 Å². The first-order valence-corrected chi connectivity index (χ1v) is 8.60. The van der Waals surface area contributed by atoms with Gasteiger partial charge >= 0.3 is 5.13 Å². The van der Waals surface area contributed by atoms with Crippen molar-refractivity contribution in [1.29, 1.82) is 0 Å². The Morgan fingerprint density at radius 3 is 2.04 bits per heavy atom. The van der Waals surface area contributed by atoms with E-state index in [2.05, 4.69) is 34.6 Å². The number of aromatic amines is 1. The lowest BCUT2D eigenvalue weighted by Gasteiger charge is -2.15. The van der Waals surface area contributed by atoms with Crippen molar-refractivity contribution in [2.45, 2.75) is 12.3 Å². The van der Waals surface area contributed by atoms with Crippen molar-refractivity contribution in [1.82, 2.24) is 0 Å². The van der Waals surface area contributed by atoms with E-state index in [1.165, 1.54) is 22.5 Å². The number of benzene rings is 2. The zero-order valence-corrected chi connectivity index (χ0v) is 14.6. The molecule has 0 spiro atoms. The van der Waals surface area contributed by atoms with Crippen LogP contribution in [0.5, 0.6) is 11.5 Å². The second-order valence-corrected chi connectivity index (χ2v) is 6.47. The predicted molar refractivity (Wildman–Crippen MR) is 96.8 cm³/mol. The largest absolute Gasteiger partial charge is 0.497 e. The molecule has 3 rings (SSSR count). The Morgan fingerprint density at radius 2 is 1.54 bits per heavy atom. The summed E-state index contributed by atoms with van der Waals surface area (Å²) in [4.78, 5) is 3.29. The highest BCUT2D eigenvalue weighted by Gasteiger charge is 2.20. The van der Waals surface area contributed by atoms with Crippen molar-refractivity contribution in [2.75, 3.05) is 20.0 Å². The quantitative estimate of drug-likeness (QED) is 0.746. The number of aromatic nitrogens is 1. The van der Waals surface area contributed by atoms with Gasteiger partial charge in [-0.2, -0.15) is 0 Å². The van der Waals surface area contributed by atoms with Crippen molar-refractivity contribution < 1.29 is 14.5 Å². The summed E-state index contributed by atoms with van der Waals surface area (Å²) in [5.41, 5.74) is 9.49. The minimum absolute atomic E-state index is 0.206. The Hall–Kier alpha value is -2.53. The smallest absolute Gasteiger partial charge is 0.329 e. The van der Waals surface area contributed by atoms with Gasteiger partial charge in [0.1, 0.15) is 17.2 Å². The maximum absolute atomic E-state index is 5.90. The number of thiazole rings is 1. The zero-order valence-electron chi connectivity index (χ0n) is 13.8. The van der Waals surface area contributed by atoms with E-state index in [9.17, 15) is 0 Å². The van der Waals surface area contributed by atoms with Crippen LogP contribution in [0.3, 0.4) is 0 Å². The molecular weight excluding hydrogens is 320 g/mol. The van der Waals surface area contributed by atoms with E-state index in [1.807, 2.05) is 24.3 Å². The standard InChI is InChI=1S/C19H20N2O2S/c1-22-15-7-3-13(4-8-15)11-17(18-12-24-19(20)21-18)14-5-9-16(23-2)10-6-14/h3-10,12,17H,11H2,1-2H3,(H2,20,21)/p+1. The van der Waals surface area contributed by atoms with E-state index in [0.717, 1.165) is 28.7 Å². The van der Waals surface area contributed by atoms with Gasteiger partial charge in [0.05, 0.1) is 20.1 Å². The van der Waals surface area contributed by atoms with Crippen LogP contribution in [0.25, 0.3) is 0 Å². The Bertz CT molecular complexity index is 782. The first-order valence-electron chi connectivity index (χ1n) is 7.72. The summed E-state index contributed by atoms with van der Waals surface area (Å²) in [5, 5.41) is 2.81. The molecule has 124 valence electrons. The number of rotatable bonds is 6. The fourth-order valence-corrected chi connectivity index (χ4v) is 3.39. The highest BCUT2D eigenvalue weighted by atomic mass is 32.1. The van der Waals surface area contributed by atoms with Crippen LogP contribution in [-0.2, 0) is 6.42 Å². The van der Waals surface area contributed by atoms with Crippen molar-refractivity contribution >= 4 is 16.5 Å². The SMILES string of the molecule is COc1ccc(CC(c2ccc(OC)cc2)c2csc(N)[nH+]2)cc1. The van der Waals surface area contributed by atoms with Gasteiger partial charge in [-0.3, -0.25) is 5.73 Å². The van der Waals surface area contributed by atoms with Gasteiger partial charge < -0.3 is 9.47 Å². The van der Waals surface area contributed by atoms with E-state index in [1.54, 1.807) is 14.2 Å². The van der Waals surface area contributed by atoms with E-state index in [-0.39, 0.29) is 5.92 Å². The van der Waals surface area contributed by atoms with Gasteiger partial charge in [0.25, 0.3) is 0 Å². The topological polar surface area (TPSA) is 58.6 Å². The van der Waals surface area contributed by atoms with Crippen LogP contribution in [0.15, 0.2) is 53.9 Å². The van der Waals surface area contributed by atoms with E-state index >= 15 is 0 Å². The lowest BCUT2D eigenvalue weighted by Crippen LogP contribution is -2.17. The number of nitrogens with one attached hydrogen (secondary N) is 1. The molecule has 5 heteroatoms. The summed E-state index contributed by atoms with van der Waals surface area (Å²) in [6.07, 6.45) is 0.878. The third-order valence-corrected chi connectivity index (χ3v) is 4.80. The predicted octanol–water partition coefficient (Wildman–Crippen LogP) is 3.54. The number of nitrogen functional groups attached to an aromatic ring is 1. The van der Waals surface area contributed by atoms with Gasteiger partial charge in [-0.25, -0.2) is 4.98 Å². The number of hydrogen-bond donors (Lipinski definition) is 1. The Balaban J connectivity index is 1.91. The summed E-state index contributed by atoms with van der Waals surface area (Å²) < 4.78 is 10.5. The zero-order chi connectivity index (χ0) is 16.9. The number of ether oxygens (including phenoxy) is 2. The van der Waals surface area contributed by atoms with Crippen LogP contribution in [0, 0.1) is 0 Å². The molecule has 0 amide bonds. The van der Waals surface area contributed by atoms with Gasteiger partial charge in [0, 0.05) is 5.38 Å². The number of anilines is 1. The minimum Gasteiger partial charge on any atom is -0.497 e. The van der Waals surface area contributed by atoms with Crippen molar-refractivity contribution in [2.24, 2.45) is 0 Å². The highest BCUT2D eigenvalue weighted by molar-refractivity contribution is 7.13. The molecule has 1 heterocycles. The van der Waals surface area contributed by atoms with E-state index in [0.29, 0.717) is 0 Å². The lowest BCUT2D eigenvalue weighted by molar-refractivity contribution is -0.368. The van der Waals surface area contributed by atoms with Gasteiger partial charge in [0.15, 0.2) is 0 Å². The number of nitrogens with two attached hydrogens (primary N) is 1. The lowest BCUT2D eigenvalue weighted by atomic mass is 9.89. The molecule has 3 N–H and O–H groups in total. The Kier molecular flexibility index (Phi) is 5.01. The third-order valence-electron chi connectivity index (χ3n) is 4.07. The molecule has 0 aliphatic rings. The van der Waals surface area contributed by atoms with Gasteiger partial charge in [-0.15, -0.1) is 0 Å². The van der Waals surface area contributed by atoms with Crippen LogP contribution in [-0.4, -0.2) is 14.2 Å². The van der Waals surface area contributed by atoms with Gasteiger partial charge in [-0.05, 0) is 41.8 Å². The molecule has 4 nitrogen and oxygen atoms in total. The molecule has 0 aliphatic carbocycles. The number of methoxy groups -OCH3 is 2. The summed E-state index contributed by atoms with van der Waals surface area (Å²) >= 11 is 1.53. The first-order chi connectivity index (χ1) is 11.7. The summed E-state index contributed by atoms with van der Waals surface area (Å²) in [6, 6.07) is 16.4. The molecule has 2 aromatic carbocycles. The molecule has 0 bridgehead atoms. The van der Waals surface area contributed by atoms with Crippen LogP contribution in [0.2, 0.25) is 0 Å². The van der Waals surface area contributed by atoms with Crippen LogP contribution in [0.4, 0.5) is 5.13 Å². The second-order valence-electron chi connectivity index (χ2n) is 5.56.